The zero-order valence-electron chi connectivity index (χ0n) is 17.9. The van der Waals surface area contributed by atoms with Gasteiger partial charge < -0.3 is 10.1 Å². The van der Waals surface area contributed by atoms with Gasteiger partial charge in [-0.25, -0.2) is 4.90 Å². The average Bonchev–Trinajstić information content (AvgIpc) is 3.02. The topological polar surface area (TPSA) is 58.6 Å². The Bertz CT molecular complexity index is 1240. The summed E-state index contributed by atoms with van der Waals surface area (Å²) in [5.41, 5.74) is 2.16. The van der Waals surface area contributed by atoms with Gasteiger partial charge in [-0.15, -0.1) is 0 Å². The van der Waals surface area contributed by atoms with Crippen molar-refractivity contribution in [1.82, 2.24) is 0 Å². The standard InChI is InChI=1S/C25H20Cl2N2O3S/c1-3-32-17-11-9-16(10-12-17)28-22-23(33-18-13-7-15(2)8-14-18)25(31)29(24(22)30)20-6-4-5-19(26)21(20)27/h4-14,28H,3H2,1-2H3. The van der Waals surface area contributed by atoms with Crippen LogP contribution in [-0.2, 0) is 9.59 Å². The first-order valence-electron chi connectivity index (χ1n) is 10.2. The maximum atomic E-state index is 13.5. The lowest BCUT2D eigenvalue weighted by Gasteiger charge is -2.17. The Morgan fingerprint density at radius 1 is 0.939 bits per heavy atom. The maximum absolute atomic E-state index is 13.5. The second-order valence-electron chi connectivity index (χ2n) is 7.22. The van der Waals surface area contributed by atoms with Crippen LogP contribution in [0.25, 0.3) is 0 Å². The number of aryl methyl sites for hydroxylation is 1. The van der Waals surface area contributed by atoms with E-state index in [0.29, 0.717) is 18.0 Å². The third-order valence-corrected chi connectivity index (χ3v) is 6.79. The first-order valence-corrected chi connectivity index (χ1v) is 11.8. The van der Waals surface area contributed by atoms with Crippen molar-refractivity contribution in [2.24, 2.45) is 0 Å². The van der Waals surface area contributed by atoms with E-state index in [2.05, 4.69) is 5.32 Å². The van der Waals surface area contributed by atoms with Crippen LogP contribution in [0.4, 0.5) is 11.4 Å². The second-order valence-corrected chi connectivity index (χ2v) is 9.09. The largest absolute Gasteiger partial charge is 0.494 e. The first kappa shape index (κ1) is 23.2. The fraction of sp³-hybridized carbons (Fsp3) is 0.120. The van der Waals surface area contributed by atoms with E-state index in [9.17, 15) is 9.59 Å². The highest BCUT2D eigenvalue weighted by atomic mass is 35.5. The van der Waals surface area contributed by atoms with E-state index in [1.807, 2.05) is 38.1 Å². The molecule has 0 atom stereocenters. The smallest absolute Gasteiger partial charge is 0.283 e. The number of ether oxygens (including phenoxy) is 1. The Morgan fingerprint density at radius 2 is 1.64 bits per heavy atom. The number of halogens is 2. The summed E-state index contributed by atoms with van der Waals surface area (Å²) >= 11 is 13.7. The van der Waals surface area contributed by atoms with Gasteiger partial charge in [0.05, 0.1) is 22.3 Å². The normalized spacial score (nSPS) is 13.6. The third kappa shape index (κ3) is 4.88. The lowest BCUT2D eigenvalue weighted by molar-refractivity contribution is -0.120. The van der Waals surface area contributed by atoms with Crippen LogP contribution in [0.2, 0.25) is 10.0 Å². The minimum absolute atomic E-state index is 0.142. The highest BCUT2D eigenvalue weighted by Crippen LogP contribution is 2.41. The van der Waals surface area contributed by atoms with E-state index in [-0.39, 0.29) is 26.3 Å². The zero-order chi connectivity index (χ0) is 23.5. The van der Waals surface area contributed by atoms with Gasteiger partial charge in [0.15, 0.2) is 0 Å². The molecule has 3 aromatic rings. The fourth-order valence-corrected chi connectivity index (χ4v) is 4.58. The van der Waals surface area contributed by atoms with Crippen LogP contribution in [0.5, 0.6) is 5.75 Å². The Morgan fingerprint density at radius 3 is 2.30 bits per heavy atom. The van der Waals surface area contributed by atoms with Crippen LogP contribution in [0.3, 0.4) is 0 Å². The van der Waals surface area contributed by atoms with Gasteiger partial charge in [0.2, 0.25) is 0 Å². The van der Waals surface area contributed by atoms with Gasteiger partial charge in [0.1, 0.15) is 16.4 Å². The van der Waals surface area contributed by atoms with E-state index in [0.717, 1.165) is 15.4 Å². The number of carbonyl (C=O) groups excluding carboxylic acids is 2. The molecular weight excluding hydrogens is 479 g/mol. The van der Waals surface area contributed by atoms with Crippen LogP contribution in [-0.4, -0.2) is 18.4 Å². The van der Waals surface area contributed by atoms with Gasteiger partial charge in [0.25, 0.3) is 11.8 Å². The summed E-state index contributed by atoms with van der Waals surface area (Å²) < 4.78 is 5.48. The van der Waals surface area contributed by atoms with E-state index < -0.39 is 11.8 Å². The molecule has 0 radical (unpaired) electrons. The van der Waals surface area contributed by atoms with Crippen molar-refractivity contribution in [3.05, 3.63) is 92.9 Å². The van der Waals surface area contributed by atoms with Gasteiger partial charge in [-0.2, -0.15) is 0 Å². The third-order valence-electron chi connectivity index (χ3n) is 4.89. The highest BCUT2D eigenvalue weighted by Gasteiger charge is 2.41. The predicted molar refractivity (Wildman–Crippen MR) is 134 cm³/mol. The number of rotatable bonds is 7. The van der Waals surface area contributed by atoms with Crippen molar-refractivity contribution < 1.29 is 14.3 Å². The number of benzene rings is 3. The SMILES string of the molecule is CCOc1ccc(NC2=C(Sc3ccc(C)cc3)C(=O)N(c3cccc(Cl)c3Cl)C2=O)cc1. The molecule has 0 unspecified atom stereocenters. The van der Waals surface area contributed by atoms with Crippen molar-refractivity contribution in [3.8, 4) is 5.75 Å². The van der Waals surface area contributed by atoms with Crippen LogP contribution >= 0.6 is 35.0 Å². The molecule has 5 nitrogen and oxygen atoms in total. The molecule has 0 aromatic heterocycles. The van der Waals surface area contributed by atoms with Crippen molar-refractivity contribution in [2.45, 2.75) is 18.7 Å². The Kier molecular flexibility index (Phi) is 6.98. The number of hydrogen-bond donors (Lipinski definition) is 1. The summed E-state index contributed by atoms with van der Waals surface area (Å²) in [6.07, 6.45) is 0. The molecule has 33 heavy (non-hydrogen) atoms. The molecule has 2 amide bonds. The van der Waals surface area contributed by atoms with Gasteiger partial charge >= 0.3 is 0 Å². The molecular formula is C25H20Cl2N2O3S. The molecule has 3 aromatic carbocycles. The molecule has 0 saturated heterocycles. The number of carbonyl (C=O) groups is 2. The molecule has 1 N–H and O–H groups in total. The Balaban J connectivity index is 1.73. The molecule has 1 heterocycles. The second kappa shape index (κ2) is 9.91. The molecule has 168 valence electrons. The van der Waals surface area contributed by atoms with Crippen LogP contribution in [0.15, 0.2) is 82.2 Å². The molecule has 1 aliphatic heterocycles. The summed E-state index contributed by atoms with van der Waals surface area (Å²) in [5, 5.41) is 3.52. The van der Waals surface area contributed by atoms with Crippen molar-refractivity contribution in [2.75, 3.05) is 16.8 Å². The summed E-state index contributed by atoms with van der Waals surface area (Å²) in [5.74, 6) is -0.261. The number of imide groups is 1. The first-order chi connectivity index (χ1) is 15.9. The van der Waals surface area contributed by atoms with E-state index in [1.54, 1.807) is 42.5 Å². The predicted octanol–water partition coefficient (Wildman–Crippen LogP) is 6.69. The Hall–Kier alpha value is -2.93. The van der Waals surface area contributed by atoms with Gasteiger partial charge in [-0.3, -0.25) is 9.59 Å². The monoisotopic (exact) mass is 498 g/mol. The van der Waals surface area contributed by atoms with E-state index in [1.165, 1.54) is 11.8 Å². The summed E-state index contributed by atoms with van der Waals surface area (Å²) in [4.78, 5) is 29.1. The average molecular weight is 499 g/mol. The van der Waals surface area contributed by atoms with Crippen molar-refractivity contribution in [1.29, 1.82) is 0 Å². The minimum atomic E-state index is -0.507. The number of thioether (sulfide) groups is 1. The number of nitrogens with zero attached hydrogens (tertiary/aromatic N) is 1. The van der Waals surface area contributed by atoms with Gasteiger partial charge in [-0.05, 0) is 62.4 Å². The van der Waals surface area contributed by atoms with Gasteiger partial charge in [0, 0.05) is 10.6 Å². The molecule has 0 saturated carbocycles. The van der Waals surface area contributed by atoms with E-state index >= 15 is 0 Å². The van der Waals surface area contributed by atoms with Crippen molar-refractivity contribution >= 4 is 58.2 Å². The molecule has 8 heteroatoms. The molecule has 0 bridgehead atoms. The lowest BCUT2D eigenvalue weighted by Crippen LogP contribution is -2.32. The zero-order valence-corrected chi connectivity index (χ0v) is 20.2. The summed E-state index contributed by atoms with van der Waals surface area (Å²) in [6.45, 7) is 4.45. The summed E-state index contributed by atoms with van der Waals surface area (Å²) in [7, 11) is 0. The molecule has 0 aliphatic carbocycles. The number of nitrogens with one attached hydrogen (secondary N) is 1. The molecule has 1 aliphatic rings. The fourth-order valence-electron chi connectivity index (χ4n) is 3.27. The number of amides is 2. The Labute approximate surface area is 206 Å². The molecule has 4 rings (SSSR count). The lowest BCUT2D eigenvalue weighted by atomic mass is 10.2. The van der Waals surface area contributed by atoms with Crippen LogP contribution in [0, 0.1) is 6.92 Å². The summed E-state index contributed by atoms with van der Waals surface area (Å²) in [6, 6.07) is 19.8. The minimum Gasteiger partial charge on any atom is -0.494 e. The van der Waals surface area contributed by atoms with Crippen LogP contribution < -0.4 is 15.0 Å². The molecule has 0 spiro atoms. The highest BCUT2D eigenvalue weighted by molar-refractivity contribution is 8.04. The van der Waals surface area contributed by atoms with Crippen molar-refractivity contribution in [3.63, 3.8) is 0 Å². The quantitative estimate of drug-likeness (QED) is 0.367. The number of hydrogen-bond acceptors (Lipinski definition) is 5. The maximum Gasteiger partial charge on any atom is 0.283 e. The number of anilines is 2. The van der Waals surface area contributed by atoms with Gasteiger partial charge in [-0.1, -0.05) is 58.7 Å². The molecule has 0 fully saturated rings. The van der Waals surface area contributed by atoms with E-state index in [4.69, 9.17) is 27.9 Å². The van der Waals surface area contributed by atoms with Crippen LogP contribution in [0.1, 0.15) is 12.5 Å².